The summed E-state index contributed by atoms with van der Waals surface area (Å²) < 4.78 is 6.05. The molecule has 1 aromatic rings. The summed E-state index contributed by atoms with van der Waals surface area (Å²) in [6.45, 7) is 2.55. The molecule has 1 unspecified atom stereocenters. The lowest BCUT2D eigenvalue weighted by Gasteiger charge is -2.42. The van der Waals surface area contributed by atoms with Gasteiger partial charge < -0.3 is 9.64 Å². The third kappa shape index (κ3) is 1.82. The second-order valence-corrected chi connectivity index (χ2v) is 5.12. The summed E-state index contributed by atoms with van der Waals surface area (Å²) in [5.74, 6) is 0. The van der Waals surface area contributed by atoms with Crippen molar-refractivity contribution in [1.29, 1.82) is 0 Å². The maximum Gasteiger partial charge on any atom is 0.410 e. The van der Waals surface area contributed by atoms with Crippen LogP contribution in [0.2, 0.25) is 0 Å². The Labute approximate surface area is 104 Å². The first-order valence-electron chi connectivity index (χ1n) is 5.21. The number of amides is 1. The molecule has 4 heteroatoms. The Morgan fingerprint density at radius 3 is 2.62 bits per heavy atom. The van der Waals surface area contributed by atoms with Crippen LogP contribution in [0.4, 0.5) is 4.79 Å². The third-order valence-electron chi connectivity index (χ3n) is 3.29. The number of carbonyl (C=O) groups excluding carboxylic acids is 1. The van der Waals surface area contributed by atoms with E-state index >= 15 is 0 Å². The number of hydrogen-bond acceptors (Lipinski definition) is 2. The molecule has 1 saturated heterocycles. The van der Waals surface area contributed by atoms with Crippen LogP contribution in [0.15, 0.2) is 28.7 Å². The number of rotatable bonds is 1. The van der Waals surface area contributed by atoms with Gasteiger partial charge in [-0.2, -0.15) is 0 Å². The van der Waals surface area contributed by atoms with E-state index in [1.54, 1.807) is 11.9 Å². The van der Waals surface area contributed by atoms with Crippen molar-refractivity contribution in [1.82, 2.24) is 4.90 Å². The van der Waals surface area contributed by atoms with Gasteiger partial charge in [-0.05, 0) is 24.6 Å². The highest BCUT2D eigenvalue weighted by Gasteiger charge is 2.38. The van der Waals surface area contributed by atoms with Crippen LogP contribution in [0.25, 0.3) is 0 Å². The fraction of sp³-hybridized carbons (Fsp3) is 0.417. The molecule has 16 heavy (non-hydrogen) atoms. The number of nitrogens with zero attached hydrogens (tertiary/aromatic N) is 1. The smallest absolute Gasteiger partial charge is 0.410 e. The van der Waals surface area contributed by atoms with Crippen LogP contribution in [0.1, 0.15) is 18.9 Å². The van der Waals surface area contributed by atoms with Crippen molar-refractivity contribution in [2.24, 2.45) is 0 Å². The number of hydrogen-bond donors (Lipinski definition) is 0. The monoisotopic (exact) mass is 283 g/mol. The first-order valence-corrected chi connectivity index (χ1v) is 6.00. The summed E-state index contributed by atoms with van der Waals surface area (Å²) in [5.41, 5.74) is 0.866. The van der Waals surface area contributed by atoms with Gasteiger partial charge in [-0.1, -0.05) is 28.1 Å². The van der Waals surface area contributed by atoms with Crippen molar-refractivity contribution in [3.05, 3.63) is 34.3 Å². The highest BCUT2D eigenvalue weighted by molar-refractivity contribution is 9.10. The molecule has 1 fully saturated rings. The van der Waals surface area contributed by atoms with Crippen molar-refractivity contribution < 1.29 is 9.53 Å². The summed E-state index contributed by atoms with van der Waals surface area (Å²) in [4.78, 5) is 13.2. The lowest BCUT2D eigenvalue weighted by Crippen LogP contribution is -2.49. The van der Waals surface area contributed by atoms with Gasteiger partial charge in [0.05, 0.1) is 12.1 Å². The molecule has 1 amide bonds. The fourth-order valence-electron chi connectivity index (χ4n) is 1.95. The van der Waals surface area contributed by atoms with Gasteiger partial charge in [0.25, 0.3) is 0 Å². The van der Waals surface area contributed by atoms with Crippen molar-refractivity contribution in [2.75, 3.05) is 13.7 Å². The molecule has 1 aliphatic rings. The predicted octanol–water partition coefficient (Wildman–Crippen LogP) is 3.14. The molecular formula is C12H14BrNO2. The topological polar surface area (TPSA) is 29.5 Å². The zero-order chi connectivity index (χ0) is 11.8. The maximum absolute atomic E-state index is 11.5. The number of ether oxygens (including phenoxy) is 1. The van der Waals surface area contributed by atoms with Crippen LogP contribution >= 0.6 is 15.9 Å². The highest BCUT2D eigenvalue weighted by atomic mass is 79.9. The van der Waals surface area contributed by atoms with Crippen LogP contribution in [-0.2, 0) is 10.3 Å². The Hall–Kier alpha value is -1.03. The van der Waals surface area contributed by atoms with Crippen LogP contribution in [0, 0.1) is 0 Å². The zero-order valence-electron chi connectivity index (χ0n) is 9.37. The molecule has 3 nitrogen and oxygen atoms in total. The van der Waals surface area contributed by atoms with Gasteiger partial charge in [0, 0.05) is 17.9 Å². The molecule has 0 radical (unpaired) electrons. The second-order valence-electron chi connectivity index (χ2n) is 4.20. The maximum atomic E-state index is 11.5. The number of halogens is 1. The van der Waals surface area contributed by atoms with Crippen molar-refractivity contribution in [3.63, 3.8) is 0 Å². The van der Waals surface area contributed by atoms with Gasteiger partial charge in [0.1, 0.15) is 0 Å². The summed E-state index contributed by atoms with van der Waals surface area (Å²) in [6.07, 6.45) is 0.563. The van der Waals surface area contributed by atoms with E-state index in [0.29, 0.717) is 6.61 Å². The van der Waals surface area contributed by atoms with Crippen LogP contribution in [0.5, 0.6) is 0 Å². The molecule has 0 aromatic heterocycles. The van der Waals surface area contributed by atoms with Gasteiger partial charge >= 0.3 is 6.09 Å². The first kappa shape index (κ1) is 11.5. The largest absolute Gasteiger partial charge is 0.449 e. The molecule has 0 bridgehead atoms. The molecular weight excluding hydrogens is 270 g/mol. The van der Waals surface area contributed by atoms with E-state index in [4.69, 9.17) is 4.74 Å². The van der Waals surface area contributed by atoms with Crippen LogP contribution < -0.4 is 0 Å². The Bertz CT molecular complexity index is 404. The van der Waals surface area contributed by atoms with Gasteiger partial charge in [-0.3, -0.25) is 0 Å². The molecule has 1 aromatic carbocycles. The molecule has 1 heterocycles. The Morgan fingerprint density at radius 1 is 1.38 bits per heavy atom. The van der Waals surface area contributed by atoms with Crippen molar-refractivity contribution in [3.8, 4) is 0 Å². The summed E-state index contributed by atoms with van der Waals surface area (Å²) >= 11 is 3.41. The SMILES string of the molecule is CN1C(=O)OCCC1(C)c1ccc(Br)cc1. The molecule has 0 spiro atoms. The average molecular weight is 284 g/mol. The lowest BCUT2D eigenvalue weighted by molar-refractivity contribution is 0.0147. The highest BCUT2D eigenvalue weighted by Crippen LogP contribution is 2.34. The summed E-state index contributed by atoms with van der Waals surface area (Å²) in [7, 11) is 1.78. The number of benzene rings is 1. The number of carbonyl (C=O) groups is 1. The van der Waals surface area contributed by atoms with E-state index in [9.17, 15) is 4.79 Å². The minimum absolute atomic E-state index is 0.253. The Morgan fingerprint density at radius 2 is 2.00 bits per heavy atom. The second kappa shape index (κ2) is 4.09. The van der Waals surface area contributed by atoms with E-state index in [2.05, 4.69) is 22.9 Å². The summed E-state index contributed by atoms with van der Waals surface area (Å²) in [6, 6.07) is 8.07. The van der Waals surface area contributed by atoms with Gasteiger partial charge in [-0.15, -0.1) is 0 Å². The van der Waals surface area contributed by atoms with Gasteiger partial charge in [0.2, 0.25) is 0 Å². The molecule has 1 aliphatic heterocycles. The van der Waals surface area contributed by atoms with Crippen LogP contribution in [0.3, 0.4) is 0 Å². The number of cyclic esters (lactones) is 1. The Kier molecular flexibility index (Phi) is 2.93. The quantitative estimate of drug-likeness (QED) is 0.793. The van der Waals surface area contributed by atoms with E-state index in [1.807, 2.05) is 24.3 Å². The minimum atomic E-state index is -0.268. The third-order valence-corrected chi connectivity index (χ3v) is 3.82. The van der Waals surface area contributed by atoms with Gasteiger partial charge in [-0.25, -0.2) is 4.79 Å². The molecule has 86 valence electrons. The standard InChI is InChI=1S/C12H14BrNO2/c1-12(7-8-16-11(15)14(12)2)9-3-5-10(13)6-4-9/h3-6H,7-8H2,1-2H3. The van der Waals surface area contributed by atoms with E-state index < -0.39 is 0 Å². The van der Waals surface area contributed by atoms with E-state index in [1.165, 1.54) is 0 Å². The normalized spacial score (nSPS) is 25.4. The minimum Gasteiger partial charge on any atom is -0.449 e. The lowest BCUT2D eigenvalue weighted by atomic mass is 9.87. The summed E-state index contributed by atoms with van der Waals surface area (Å²) in [5, 5.41) is 0. The van der Waals surface area contributed by atoms with E-state index in [-0.39, 0.29) is 11.6 Å². The molecule has 0 N–H and O–H groups in total. The van der Waals surface area contributed by atoms with Crippen molar-refractivity contribution >= 4 is 22.0 Å². The van der Waals surface area contributed by atoms with E-state index in [0.717, 1.165) is 16.5 Å². The first-order chi connectivity index (χ1) is 7.54. The average Bonchev–Trinajstić information content (AvgIpc) is 2.27. The van der Waals surface area contributed by atoms with Gasteiger partial charge in [0.15, 0.2) is 0 Å². The molecule has 1 atom stereocenters. The zero-order valence-corrected chi connectivity index (χ0v) is 11.0. The molecule has 2 rings (SSSR count). The fourth-order valence-corrected chi connectivity index (χ4v) is 2.21. The predicted molar refractivity (Wildman–Crippen MR) is 65.2 cm³/mol. The van der Waals surface area contributed by atoms with Crippen LogP contribution in [-0.4, -0.2) is 24.6 Å². The Balaban J connectivity index is 2.36. The van der Waals surface area contributed by atoms with Crippen molar-refractivity contribution in [2.45, 2.75) is 18.9 Å². The molecule has 0 saturated carbocycles. The molecule has 0 aliphatic carbocycles.